The van der Waals surface area contributed by atoms with Gasteiger partial charge in [-0.05, 0) is 57.0 Å². The Bertz CT molecular complexity index is 1370. The molecule has 38 heavy (non-hydrogen) atoms. The Balaban J connectivity index is 1.25. The van der Waals surface area contributed by atoms with E-state index in [9.17, 15) is 9.59 Å². The van der Waals surface area contributed by atoms with Gasteiger partial charge in [0.2, 0.25) is 11.9 Å². The molecule has 3 aliphatic rings. The van der Waals surface area contributed by atoms with Gasteiger partial charge >= 0.3 is 6.03 Å². The molecule has 0 atom stereocenters. The topological polar surface area (TPSA) is 112 Å². The van der Waals surface area contributed by atoms with Gasteiger partial charge in [-0.1, -0.05) is 12.1 Å². The first-order chi connectivity index (χ1) is 18.5. The van der Waals surface area contributed by atoms with Gasteiger partial charge in [0.15, 0.2) is 11.6 Å². The summed E-state index contributed by atoms with van der Waals surface area (Å²) in [6.07, 6.45) is 11.5. The smallest absolute Gasteiger partial charge is 0.322 e. The van der Waals surface area contributed by atoms with Gasteiger partial charge < -0.3 is 15.5 Å². The minimum Gasteiger partial charge on any atom is -0.322 e. The second-order valence-corrected chi connectivity index (χ2v) is 9.97. The number of hydrogen-bond donors (Lipinski definition) is 2. The van der Waals surface area contributed by atoms with E-state index < -0.39 is 0 Å². The van der Waals surface area contributed by atoms with Crippen molar-refractivity contribution < 1.29 is 9.59 Å². The van der Waals surface area contributed by atoms with Crippen molar-refractivity contribution in [3.8, 4) is 0 Å². The van der Waals surface area contributed by atoms with Gasteiger partial charge in [-0.2, -0.15) is 10.1 Å². The Kier molecular flexibility index (Phi) is 6.50. The number of carbonyl (C=O) groups is 2. The monoisotopic (exact) mass is 513 g/mol. The van der Waals surface area contributed by atoms with Gasteiger partial charge in [0, 0.05) is 55.4 Å². The summed E-state index contributed by atoms with van der Waals surface area (Å²) in [5.41, 5.74) is 2.10. The van der Waals surface area contributed by atoms with E-state index in [0.29, 0.717) is 35.5 Å². The van der Waals surface area contributed by atoms with Crippen molar-refractivity contribution >= 4 is 40.9 Å². The number of hydrogen-bond acceptors (Lipinski definition) is 7. The molecule has 1 aromatic carbocycles. The van der Waals surface area contributed by atoms with Crippen molar-refractivity contribution in [1.29, 1.82) is 0 Å². The highest BCUT2D eigenvalue weighted by atomic mass is 16.2. The van der Waals surface area contributed by atoms with E-state index in [1.807, 2.05) is 48.5 Å². The van der Waals surface area contributed by atoms with Crippen LogP contribution in [0, 0.1) is 0 Å². The molecule has 196 valence electrons. The van der Waals surface area contributed by atoms with Crippen LogP contribution in [0.15, 0.2) is 54.9 Å². The van der Waals surface area contributed by atoms with Crippen LogP contribution in [0.25, 0.3) is 0 Å². The molecule has 2 aromatic heterocycles. The molecule has 3 aromatic rings. The molecule has 0 unspecified atom stereocenters. The number of amides is 3. The van der Waals surface area contributed by atoms with Gasteiger partial charge in [-0.25, -0.2) is 14.7 Å². The van der Waals surface area contributed by atoms with E-state index in [0.717, 1.165) is 38.0 Å². The zero-order chi connectivity index (χ0) is 26.1. The van der Waals surface area contributed by atoms with Crippen LogP contribution in [-0.4, -0.2) is 67.2 Å². The molecular formula is C27H31N9O2. The number of fused-ring (bicyclic) bond motifs is 1. The molecule has 0 radical (unpaired) electrons. The van der Waals surface area contributed by atoms with Crippen molar-refractivity contribution in [1.82, 2.24) is 29.5 Å². The number of aryl methyl sites for hydroxylation is 1. The Morgan fingerprint density at radius 3 is 2.79 bits per heavy atom. The average Bonchev–Trinajstić information content (AvgIpc) is 3.46. The molecule has 1 aliphatic carbocycles. The van der Waals surface area contributed by atoms with E-state index in [1.165, 1.54) is 12.8 Å². The van der Waals surface area contributed by atoms with Crippen molar-refractivity contribution in [2.24, 2.45) is 7.05 Å². The number of anilines is 5. The van der Waals surface area contributed by atoms with Crippen LogP contribution in [-0.2, 0) is 18.4 Å². The summed E-state index contributed by atoms with van der Waals surface area (Å²) >= 11 is 0. The van der Waals surface area contributed by atoms with Gasteiger partial charge in [-0.15, -0.1) is 0 Å². The number of likely N-dealkylation sites (tertiary alicyclic amines) is 1. The normalized spacial score (nSPS) is 17.8. The Labute approximate surface area is 221 Å². The zero-order valence-corrected chi connectivity index (χ0v) is 21.4. The first-order valence-corrected chi connectivity index (χ1v) is 13.1. The van der Waals surface area contributed by atoms with Crippen LogP contribution in [0.1, 0.15) is 31.2 Å². The number of carbonyl (C=O) groups excluding carboxylic acids is 2. The number of benzene rings is 1. The van der Waals surface area contributed by atoms with Crippen LogP contribution in [0.5, 0.6) is 0 Å². The maximum atomic E-state index is 13.7. The Morgan fingerprint density at radius 1 is 1.18 bits per heavy atom. The molecule has 2 aliphatic heterocycles. The fourth-order valence-corrected chi connectivity index (χ4v) is 4.91. The van der Waals surface area contributed by atoms with Gasteiger partial charge in [-0.3, -0.25) is 14.4 Å². The first-order valence-electron chi connectivity index (χ1n) is 13.1. The van der Waals surface area contributed by atoms with Crippen molar-refractivity contribution in [2.45, 2.75) is 38.3 Å². The average molecular weight is 514 g/mol. The summed E-state index contributed by atoms with van der Waals surface area (Å²) in [4.78, 5) is 41.3. The number of aromatic nitrogens is 4. The van der Waals surface area contributed by atoms with E-state index in [-0.39, 0.29) is 18.0 Å². The second kappa shape index (κ2) is 10.3. The number of rotatable bonds is 8. The molecule has 4 heterocycles. The van der Waals surface area contributed by atoms with Crippen LogP contribution >= 0.6 is 0 Å². The standard InChI is InChI=1S/C27H31N9O2/c1-33-15-11-23(32-33)30-26-28-17-19-18-35(21-9-10-21)27(38)36(25(19)31-26)22-7-4-6-20(16-22)29-24(37)8-5-14-34-12-2-3-13-34/h4-8,11,15-17,21H,2-3,9-10,12-14,18H2,1H3,(H,29,37)(H,28,30,31,32)/b8-5+. The van der Waals surface area contributed by atoms with Crippen molar-refractivity contribution in [2.75, 3.05) is 35.2 Å². The van der Waals surface area contributed by atoms with Crippen molar-refractivity contribution in [3.63, 3.8) is 0 Å². The summed E-state index contributed by atoms with van der Waals surface area (Å²) in [5.74, 6) is 1.29. The third-order valence-electron chi connectivity index (χ3n) is 6.98. The lowest BCUT2D eigenvalue weighted by molar-refractivity contribution is -0.111. The molecule has 1 saturated carbocycles. The molecule has 1 saturated heterocycles. The fraction of sp³-hybridized carbons (Fsp3) is 0.370. The number of nitrogens with one attached hydrogen (secondary N) is 2. The highest BCUT2D eigenvalue weighted by molar-refractivity contribution is 6.03. The molecule has 6 rings (SSSR count). The third kappa shape index (κ3) is 5.23. The molecule has 11 heteroatoms. The van der Waals surface area contributed by atoms with E-state index >= 15 is 0 Å². The molecule has 0 spiro atoms. The van der Waals surface area contributed by atoms with E-state index in [2.05, 4.69) is 25.6 Å². The highest BCUT2D eigenvalue weighted by Gasteiger charge is 2.41. The lowest BCUT2D eigenvalue weighted by atomic mass is 10.1. The minimum atomic E-state index is -0.199. The molecule has 2 N–H and O–H groups in total. The van der Waals surface area contributed by atoms with Gasteiger partial charge in [0.05, 0.1) is 12.2 Å². The second-order valence-electron chi connectivity index (χ2n) is 9.97. The van der Waals surface area contributed by atoms with Crippen molar-refractivity contribution in [3.05, 3.63) is 60.4 Å². The van der Waals surface area contributed by atoms with Gasteiger partial charge in [0.1, 0.15) is 0 Å². The van der Waals surface area contributed by atoms with Gasteiger partial charge in [0.25, 0.3) is 0 Å². The molecule has 2 fully saturated rings. The largest absolute Gasteiger partial charge is 0.330 e. The predicted molar refractivity (Wildman–Crippen MR) is 145 cm³/mol. The number of urea groups is 1. The molecular weight excluding hydrogens is 482 g/mol. The zero-order valence-electron chi connectivity index (χ0n) is 21.4. The molecule has 0 bridgehead atoms. The Hall–Kier alpha value is -4.25. The van der Waals surface area contributed by atoms with E-state index in [4.69, 9.17) is 4.98 Å². The van der Waals surface area contributed by atoms with Crippen LogP contribution < -0.4 is 15.5 Å². The van der Waals surface area contributed by atoms with Crippen LogP contribution in [0.2, 0.25) is 0 Å². The summed E-state index contributed by atoms with van der Waals surface area (Å²) in [5, 5.41) is 10.4. The lowest BCUT2D eigenvalue weighted by Gasteiger charge is -2.36. The lowest BCUT2D eigenvalue weighted by Crippen LogP contribution is -2.46. The molecule has 11 nitrogen and oxygen atoms in total. The summed E-state index contributed by atoms with van der Waals surface area (Å²) in [6.45, 7) is 3.41. The molecule has 3 amide bonds. The van der Waals surface area contributed by atoms with E-state index in [1.54, 1.807) is 27.9 Å². The highest BCUT2D eigenvalue weighted by Crippen LogP contribution is 2.39. The maximum absolute atomic E-state index is 13.7. The fourth-order valence-electron chi connectivity index (χ4n) is 4.91. The summed E-state index contributed by atoms with van der Waals surface area (Å²) < 4.78 is 1.69. The summed E-state index contributed by atoms with van der Waals surface area (Å²) in [7, 11) is 1.83. The third-order valence-corrected chi connectivity index (χ3v) is 6.98. The quantitative estimate of drug-likeness (QED) is 0.441. The maximum Gasteiger partial charge on any atom is 0.330 e. The minimum absolute atomic E-state index is 0.128. The SMILES string of the molecule is Cn1ccc(Nc2ncc3c(n2)N(c2cccc(NC(=O)/C=C/CN4CCCC4)c2)C(=O)N(C2CC2)C3)n1. The van der Waals surface area contributed by atoms with Crippen LogP contribution in [0.4, 0.5) is 33.8 Å². The first kappa shape index (κ1) is 24.1. The number of nitrogens with zero attached hydrogens (tertiary/aromatic N) is 7. The predicted octanol–water partition coefficient (Wildman–Crippen LogP) is 3.78. The Morgan fingerprint density at radius 2 is 2.03 bits per heavy atom. The van der Waals surface area contributed by atoms with Crippen LogP contribution in [0.3, 0.4) is 0 Å². The summed E-state index contributed by atoms with van der Waals surface area (Å²) in [6, 6.07) is 9.23.